The minimum Gasteiger partial charge on any atom is -0.481 e. The van der Waals surface area contributed by atoms with Crippen LogP contribution in [0.4, 0.5) is 0 Å². The van der Waals surface area contributed by atoms with Crippen molar-refractivity contribution in [3.63, 3.8) is 0 Å². The summed E-state index contributed by atoms with van der Waals surface area (Å²) in [5.41, 5.74) is -0.808. The predicted octanol–water partition coefficient (Wildman–Crippen LogP) is 2.96. The number of aliphatic carboxylic acids is 1. The van der Waals surface area contributed by atoms with Crippen LogP contribution in [0.1, 0.15) is 65.7 Å². The molecule has 2 N–H and O–H groups in total. The fourth-order valence-corrected chi connectivity index (χ4v) is 3.24. The molecule has 110 valence electrons. The molecule has 1 fully saturated rings. The van der Waals surface area contributed by atoms with E-state index >= 15 is 0 Å². The highest BCUT2D eigenvalue weighted by Gasteiger charge is 2.43. The SMILES string of the molecule is CCC(CC)C(C)NC(=O)CC1(C(=O)O)CCCC1. The summed E-state index contributed by atoms with van der Waals surface area (Å²) in [6.45, 7) is 6.25. The quantitative estimate of drug-likeness (QED) is 0.746. The first-order valence-corrected chi connectivity index (χ1v) is 7.48. The van der Waals surface area contributed by atoms with E-state index in [1.165, 1.54) is 0 Å². The molecule has 0 aromatic heterocycles. The summed E-state index contributed by atoms with van der Waals surface area (Å²) in [5, 5.41) is 12.4. The van der Waals surface area contributed by atoms with Gasteiger partial charge in [0.25, 0.3) is 0 Å². The van der Waals surface area contributed by atoms with Gasteiger partial charge in [-0.15, -0.1) is 0 Å². The summed E-state index contributed by atoms with van der Waals surface area (Å²) >= 11 is 0. The first-order valence-electron chi connectivity index (χ1n) is 7.48. The van der Waals surface area contributed by atoms with Gasteiger partial charge in [-0.05, 0) is 25.7 Å². The van der Waals surface area contributed by atoms with Crippen LogP contribution in [0.25, 0.3) is 0 Å². The van der Waals surface area contributed by atoms with Crippen molar-refractivity contribution in [1.82, 2.24) is 5.32 Å². The third kappa shape index (κ3) is 3.95. The van der Waals surface area contributed by atoms with Crippen LogP contribution >= 0.6 is 0 Å². The zero-order valence-electron chi connectivity index (χ0n) is 12.4. The van der Waals surface area contributed by atoms with Crippen molar-refractivity contribution < 1.29 is 14.7 Å². The lowest BCUT2D eigenvalue weighted by molar-refractivity contribution is -0.151. The van der Waals surface area contributed by atoms with Crippen LogP contribution in [0.3, 0.4) is 0 Å². The topological polar surface area (TPSA) is 66.4 Å². The van der Waals surface area contributed by atoms with Gasteiger partial charge in [-0.3, -0.25) is 9.59 Å². The lowest BCUT2D eigenvalue weighted by atomic mass is 9.82. The smallest absolute Gasteiger partial charge is 0.310 e. The summed E-state index contributed by atoms with van der Waals surface area (Å²) in [7, 11) is 0. The van der Waals surface area contributed by atoms with Crippen LogP contribution < -0.4 is 5.32 Å². The van der Waals surface area contributed by atoms with Gasteiger partial charge in [0.05, 0.1) is 5.41 Å². The van der Waals surface area contributed by atoms with Crippen LogP contribution in [-0.4, -0.2) is 23.0 Å². The van der Waals surface area contributed by atoms with Crippen molar-refractivity contribution in [1.29, 1.82) is 0 Å². The summed E-state index contributed by atoms with van der Waals surface area (Å²) in [6.07, 6.45) is 5.30. The number of carbonyl (C=O) groups excluding carboxylic acids is 1. The van der Waals surface area contributed by atoms with E-state index in [0.717, 1.165) is 25.7 Å². The summed E-state index contributed by atoms with van der Waals surface area (Å²) in [4.78, 5) is 23.5. The lowest BCUT2D eigenvalue weighted by Gasteiger charge is -2.26. The van der Waals surface area contributed by atoms with Gasteiger partial charge in [-0.2, -0.15) is 0 Å². The van der Waals surface area contributed by atoms with Gasteiger partial charge in [-0.25, -0.2) is 0 Å². The Kier molecular flexibility index (Phi) is 5.83. The van der Waals surface area contributed by atoms with Crippen LogP contribution in [0.5, 0.6) is 0 Å². The Bertz CT molecular complexity index is 317. The molecular formula is C15H27NO3. The largest absolute Gasteiger partial charge is 0.481 e. The van der Waals surface area contributed by atoms with Crippen LogP contribution in [0.2, 0.25) is 0 Å². The zero-order chi connectivity index (χ0) is 14.5. The Morgan fingerprint density at radius 1 is 1.21 bits per heavy atom. The van der Waals surface area contributed by atoms with Crippen molar-refractivity contribution in [2.45, 2.75) is 71.8 Å². The van der Waals surface area contributed by atoms with E-state index in [4.69, 9.17) is 0 Å². The molecule has 0 saturated heterocycles. The van der Waals surface area contributed by atoms with E-state index in [9.17, 15) is 14.7 Å². The van der Waals surface area contributed by atoms with E-state index in [-0.39, 0.29) is 18.4 Å². The van der Waals surface area contributed by atoms with Crippen molar-refractivity contribution in [3.8, 4) is 0 Å². The summed E-state index contributed by atoms with van der Waals surface area (Å²) < 4.78 is 0. The number of rotatable bonds is 7. The molecule has 4 nitrogen and oxygen atoms in total. The van der Waals surface area contributed by atoms with Gasteiger partial charge in [0, 0.05) is 12.5 Å². The second-order valence-electron chi connectivity index (χ2n) is 5.90. The standard InChI is InChI=1S/C15H27NO3/c1-4-12(5-2)11(3)16-13(17)10-15(14(18)19)8-6-7-9-15/h11-12H,4-10H2,1-3H3,(H,16,17)(H,18,19). The average molecular weight is 269 g/mol. The van der Waals surface area contributed by atoms with Crippen molar-refractivity contribution >= 4 is 11.9 Å². The molecule has 0 aromatic carbocycles. The number of carbonyl (C=O) groups is 2. The maximum Gasteiger partial charge on any atom is 0.310 e. The molecule has 1 atom stereocenters. The Labute approximate surface area is 116 Å². The van der Waals surface area contributed by atoms with Crippen molar-refractivity contribution in [3.05, 3.63) is 0 Å². The Hall–Kier alpha value is -1.06. The highest BCUT2D eigenvalue weighted by Crippen LogP contribution is 2.41. The Balaban J connectivity index is 2.56. The lowest BCUT2D eigenvalue weighted by Crippen LogP contribution is -2.41. The van der Waals surface area contributed by atoms with Gasteiger partial charge in [-0.1, -0.05) is 39.5 Å². The minimum atomic E-state index is -0.810. The first-order chi connectivity index (χ1) is 8.95. The first kappa shape index (κ1) is 16.0. The van der Waals surface area contributed by atoms with E-state index in [0.29, 0.717) is 18.8 Å². The average Bonchev–Trinajstić information content (AvgIpc) is 2.80. The molecule has 4 heteroatoms. The van der Waals surface area contributed by atoms with E-state index in [2.05, 4.69) is 19.2 Å². The number of hydrogen-bond donors (Lipinski definition) is 2. The summed E-state index contributed by atoms with van der Waals surface area (Å²) in [5.74, 6) is -0.452. The van der Waals surface area contributed by atoms with Crippen molar-refractivity contribution in [2.75, 3.05) is 0 Å². The van der Waals surface area contributed by atoms with Gasteiger partial charge in [0.2, 0.25) is 5.91 Å². The van der Waals surface area contributed by atoms with Gasteiger partial charge in [0.1, 0.15) is 0 Å². The second kappa shape index (κ2) is 6.92. The highest BCUT2D eigenvalue weighted by atomic mass is 16.4. The van der Waals surface area contributed by atoms with Crippen molar-refractivity contribution in [2.24, 2.45) is 11.3 Å². The molecule has 1 amide bonds. The molecule has 0 heterocycles. The van der Waals surface area contributed by atoms with Crippen LogP contribution in [0.15, 0.2) is 0 Å². The number of carboxylic acid groups (broad SMARTS) is 1. The zero-order valence-corrected chi connectivity index (χ0v) is 12.4. The monoisotopic (exact) mass is 269 g/mol. The maximum atomic E-state index is 12.1. The second-order valence-corrected chi connectivity index (χ2v) is 5.90. The molecule has 19 heavy (non-hydrogen) atoms. The fourth-order valence-electron chi connectivity index (χ4n) is 3.24. The normalized spacial score (nSPS) is 19.4. The van der Waals surface area contributed by atoms with Gasteiger partial charge >= 0.3 is 5.97 Å². The Morgan fingerprint density at radius 2 is 1.74 bits per heavy atom. The molecule has 0 aliphatic heterocycles. The van der Waals surface area contributed by atoms with Crippen LogP contribution in [0, 0.1) is 11.3 Å². The molecule has 1 rings (SSSR count). The maximum absolute atomic E-state index is 12.1. The molecule has 1 aliphatic rings. The molecule has 1 saturated carbocycles. The fraction of sp³-hybridized carbons (Fsp3) is 0.867. The third-order valence-electron chi connectivity index (χ3n) is 4.66. The number of hydrogen-bond acceptors (Lipinski definition) is 2. The molecule has 0 radical (unpaired) electrons. The predicted molar refractivity (Wildman–Crippen MR) is 74.8 cm³/mol. The molecular weight excluding hydrogens is 242 g/mol. The van der Waals surface area contributed by atoms with E-state index in [1.54, 1.807) is 0 Å². The number of amides is 1. The molecule has 1 aliphatic carbocycles. The minimum absolute atomic E-state index is 0.108. The number of carboxylic acids is 1. The Morgan fingerprint density at radius 3 is 2.16 bits per heavy atom. The van der Waals surface area contributed by atoms with Gasteiger partial charge < -0.3 is 10.4 Å². The van der Waals surface area contributed by atoms with E-state index < -0.39 is 11.4 Å². The highest BCUT2D eigenvalue weighted by molar-refractivity contribution is 5.85. The molecule has 0 spiro atoms. The third-order valence-corrected chi connectivity index (χ3v) is 4.66. The molecule has 0 aromatic rings. The van der Waals surface area contributed by atoms with E-state index in [1.807, 2.05) is 6.92 Å². The van der Waals surface area contributed by atoms with Crippen LogP contribution in [-0.2, 0) is 9.59 Å². The van der Waals surface area contributed by atoms with Gasteiger partial charge in [0.15, 0.2) is 0 Å². The number of nitrogens with one attached hydrogen (secondary N) is 1. The summed E-state index contributed by atoms with van der Waals surface area (Å²) in [6, 6.07) is 0.120. The molecule has 1 unspecified atom stereocenters. The molecule has 0 bridgehead atoms.